The fourth-order valence-electron chi connectivity index (χ4n) is 0.895. The maximum atomic E-state index is 2.38. The molecule has 1 heteroatoms. The first-order valence-corrected chi connectivity index (χ1v) is 6.67. The molecule has 0 fully saturated rings. The van der Waals surface area contributed by atoms with Crippen LogP contribution < -0.4 is 0 Å². The molecule has 1 aliphatic rings. The molecule has 0 spiro atoms. The molecule has 1 unspecified atom stereocenters. The topological polar surface area (TPSA) is 0 Å². The van der Waals surface area contributed by atoms with Crippen LogP contribution in [0.25, 0.3) is 0 Å². The predicted molar refractivity (Wildman–Crippen MR) is 39.6 cm³/mol. The first kappa shape index (κ1) is 6.61. The van der Waals surface area contributed by atoms with Crippen molar-refractivity contribution >= 4 is 26.0 Å². The number of hydrogen-bond acceptors (Lipinski definition) is 0. The second-order valence-corrected chi connectivity index (χ2v) is 9.09. The van der Waals surface area contributed by atoms with E-state index in [-0.39, 0.29) is 22.8 Å². The quantitative estimate of drug-likeness (QED) is 0.597. The Morgan fingerprint density at radius 1 is 1.50 bits per heavy atom. The van der Waals surface area contributed by atoms with E-state index in [1.165, 1.54) is 0 Å². The molecular weight excluding hydrogens is 293 g/mol. The third kappa shape index (κ3) is 1.26. The second-order valence-electron chi connectivity index (χ2n) is 2.33. The Hall–Kier alpha value is 0.493. The molecule has 0 aromatic heterocycles. The van der Waals surface area contributed by atoms with E-state index < -0.39 is 0 Å². The zero-order valence-electron chi connectivity index (χ0n) is 5.60. The van der Waals surface area contributed by atoms with E-state index in [2.05, 4.69) is 26.8 Å². The van der Waals surface area contributed by atoms with E-state index in [1.807, 2.05) is 0 Å². The minimum absolute atomic E-state index is 0.166. The molecule has 0 nitrogen and oxygen atoms in total. The van der Waals surface area contributed by atoms with Crippen LogP contribution in [0.2, 0.25) is 3.63 Å². The summed E-state index contributed by atoms with van der Waals surface area (Å²) in [5.41, 5.74) is 1.62. The van der Waals surface area contributed by atoms with Crippen LogP contribution in [0, 0.1) is 0 Å². The molecule has 1 atom stereocenters. The number of rotatable bonds is 0. The van der Waals surface area contributed by atoms with Gasteiger partial charge in [0.05, 0.1) is 0 Å². The van der Waals surface area contributed by atoms with Gasteiger partial charge in [-0.3, -0.25) is 0 Å². The van der Waals surface area contributed by atoms with Gasteiger partial charge in [-0.2, -0.15) is 0 Å². The fraction of sp³-hybridized carbons (Fsp3) is 0.571. The summed E-state index contributed by atoms with van der Waals surface area (Å²) in [6.07, 6.45) is 2.38. The van der Waals surface area contributed by atoms with Gasteiger partial charge >= 0.3 is 62.0 Å². The number of allylic oxidation sites excluding steroid dienone is 2. The molecule has 0 radical (unpaired) electrons. The Morgan fingerprint density at radius 2 is 2.12 bits per heavy atom. The van der Waals surface area contributed by atoms with Gasteiger partial charge in [0.25, 0.3) is 0 Å². The molecule has 8 heavy (non-hydrogen) atoms. The van der Waals surface area contributed by atoms with Crippen molar-refractivity contribution in [3.05, 3.63) is 11.6 Å². The van der Waals surface area contributed by atoms with Crippen LogP contribution in [0.4, 0.5) is 0 Å². The molecule has 0 aromatic rings. The average Bonchev–Trinajstić information content (AvgIpc) is 1.85. The summed E-state index contributed by atoms with van der Waals surface area (Å²) in [6.45, 7) is 6.90. The molecule has 0 aromatic carbocycles. The molecule has 44 valence electrons. The van der Waals surface area contributed by atoms with Gasteiger partial charge < -0.3 is 0 Å². The monoisotopic (exact) mass is 304 g/mol. The van der Waals surface area contributed by atoms with E-state index in [9.17, 15) is 0 Å². The summed E-state index contributed by atoms with van der Waals surface area (Å²) in [6, 6.07) is 0. The molecule has 0 bridgehead atoms. The first-order valence-electron chi connectivity index (χ1n) is 2.93. The molecule has 1 heterocycles. The van der Waals surface area contributed by atoms with E-state index >= 15 is 0 Å². The van der Waals surface area contributed by atoms with Crippen LogP contribution in [-0.2, 0) is 0 Å². The van der Waals surface area contributed by atoms with E-state index in [0.717, 1.165) is 3.63 Å². The minimum atomic E-state index is -0.166. The first-order chi connectivity index (χ1) is 3.70. The zero-order valence-corrected chi connectivity index (χ0v) is 9.08. The average molecular weight is 304 g/mol. The Balaban J connectivity index is 2.78. The molecule has 0 N–H and O–H groups in total. The molecule has 0 aliphatic carbocycles. The van der Waals surface area contributed by atoms with Crippen molar-refractivity contribution in [2.24, 2.45) is 0 Å². The third-order valence-corrected chi connectivity index (χ3v) is 6.67. The normalized spacial score (nSPS) is 27.6. The van der Waals surface area contributed by atoms with Gasteiger partial charge in [-0.25, -0.2) is 0 Å². The molecule has 0 saturated heterocycles. The van der Waals surface area contributed by atoms with Crippen molar-refractivity contribution in [3.63, 3.8) is 0 Å². The Bertz CT molecular complexity index is 154. The van der Waals surface area contributed by atoms with E-state index in [1.54, 1.807) is 8.78 Å². The Kier molecular flexibility index (Phi) is 1.98. The van der Waals surface area contributed by atoms with Crippen LogP contribution in [0.1, 0.15) is 20.8 Å². The molecule has 0 saturated carbocycles. The Morgan fingerprint density at radius 3 is 2.25 bits per heavy atom. The van der Waals surface area contributed by atoms with Gasteiger partial charge in [0.1, 0.15) is 0 Å². The fourth-order valence-corrected chi connectivity index (χ4v) is 5.43. The SMILES string of the molecule is CC1=C[C](C)=[Bi][CH]1C. The van der Waals surface area contributed by atoms with Crippen LogP contribution in [0.3, 0.4) is 0 Å². The van der Waals surface area contributed by atoms with Crippen molar-refractivity contribution in [3.8, 4) is 0 Å². The molecular formula is C7H11Bi. The molecule has 1 rings (SSSR count). The zero-order chi connectivity index (χ0) is 6.15. The van der Waals surface area contributed by atoms with Crippen molar-refractivity contribution in [2.75, 3.05) is 0 Å². The molecule has 1 aliphatic heterocycles. The van der Waals surface area contributed by atoms with Crippen LogP contribution in [0.15, 0.2) is 11.6 Å². The van der Waals surface area contributed by atoms with Crippen LogP contribution in [-0.4, -0.2) is 26.0 Å². The van der Waals surface area contributed by atoms with E-state index in [4.69, 9.17) is 0 Å². The molecule has 0 amide bonds. The maximum absolute atomic E-state index is 2.38. The van der Waals surface area contributed by atoms with Crippen LogP contribution in [0.5, 0.6) is 0 Å². The summed E-state index contributed by atoms with van der Waals surface area (Å²) < 4.78 is 2.71. The van der Waals surface area contributed by atoms with Gasteiger partial charge in [-0.05, 0) is 0 Å². The van der Waals surface area contributed by atoms with Crippen molar-refractivity contribution in [2.45, 2.75) is 24.4 Å². The van der Waals surface area contributed by atoms with Crippen molar-refractivity contribution < 1.29 is 0 Å². The number of hydrogen-bond donors (Lipinski definition) is 0. The van der Waals surface area contributed by atoms with Gasteiger partial charge in [0.15, 0.2) is 0 Å². The van der Waals surface area contributed by atoms with E-state index in [0.29, 0.717) is 0 Å². The summed E-state index contributed by atoms with van der Waals surface area (Å²) in [7, 11) is 0. The van der Waals surface area contributed by atoms with Crippen molar-refractivity contribution in [1.82, 2.24) is 0 Å². The Labute approximate surface area is 62.0 Å². The third-order valence-electron chi connectivity index (χ3n) is 1.49. The summed E-state index contributed by atoms with van der Waals surface area (Å²) >= 11 is -0.166. The van der Waals surface area contributed by atoms with Crippen LogP contribution >= 0.6 is 0 Å². The predicted octanol–water partition coefficient (Wildman–Crippen LogP) is 1.65. The standard InChI is InChI=1S/C7H11.Bi/c1-4-6-7(3)5-2;/h5-6H,1-3H3;. The summed E-state index contributed by atoms with van der Waals surface area (Å²) in [5.74, 6) is 0. The van der Waals surface area contributed by atoms with Gasteiger partial charge in [0, 0.05) is 0 Å². The van der Waals surface area contributed by atoms with Gasteiger partial charge in [-0.1, -0.05) is 0 Å². The van der Waals surface area contributed by atoms with Gasteiger partial charge in [0.2, 0.25) is 0 Å². The summed E-state index contributed by atoms with van der Waals surface area (Å²) in [5, 5.41) is 0. The van der Waals surface area contributed by atoms with Gasteiger partial charge in [-0.15, -0.1) is 0 Å². The van der Waals surface area contributed by atoms with Crippen molar-refractivity contribution in [1.29, 1.82) is 0 Å². The summed E-state index contributed by atoms with van der Waals surface area (Å²) in [4.78, 5) is 0. The second kappa shape index (κ2) is 2.39.